The van der Waals surface area contributed by atoms with E-state index in [1.165, 1.54) is 0 Å². The lowest BCUT2D eigenvalue weighted by atomic mass is 10.0. The summed E-state index contributed by atoms with van der Waals surface area (Å²) in [5.74, 6) is 2.09. The first-order valence-corrected chi connectivity index (χ1v) is 8.69. The molecule has 0 bridgehead atoms. The summed E-state index contributed by atoms with van der Waals surface area (Å²) in [4.78, 5) is 12.2. The minimum Gasteiger partial charge on any atom is -0.496 e. The van der Waals surface area contributed by atoms with Crippen LogP contribution in [-0.2, 0) is 17.6 Å². The van der Waals surface area contributed by atoms with E-state index < -0.39 is 0 Å². The third kappa shape index (κ3) is 5.41. The number of aryl methyl sites for hydroxylation is 1. The molecular formula is C21H27NO4. The van der Waals surface area contributed by atoms with Gasteiger partial charge in [-0.2, -0.15) is 0 Å². The molecule has 0 radical (unpaired) electrons. The predicted octanol–water partition coefficient (Wildman–Crippen LogP) is 3.39. The average Bonchev–Trinajstić information content (AvgIpc) is 2.66. The van der Waals surface area contributed by atoms with Crippen molar-refractivity contribution < 1.29 is 19.0 Å². The van der Waals surface area contributed by atoms with Gasteiger partial charge >= 0.3 is 0 Å². The third-order valence-electron chi connectivity index (χ3n) is 4.25. The van der Waals surface area contributed by atoms with Gasteiger partial charge in [-0.25, -0.2) is 0 Å². The number of amides is 1. The van der Waals surface area contributed by atoms with E-state index in [0.29, 0.717) is 17.9 Å². The fourth-order valence-corrected chi connectivity index (χ4v) is 2.84. The third-order valence-corrected chi connectivity index (χ3v) is 4.25. The Balaban J connectivity index is 1.94. The number of rotatable bonds is 9. The maximum absolute atomic E-state index is 12.2. The van der Waals surface area contributed by atoms with E-state index in [-0.39, 0.29) is 11.9 Å². The van der Waals surface area contributed by atoms with Gasteiger partial charge in [-0.05, 0) is 37.0 Å². The van der Waals surface area contributed by atoms with E-state index in [2.05, 4.69) is 5.32 Å². The second-order valence-electron chi connectivity index (χ2n) is 6.19. The van der Waals surface area contributed by atoms with E-state index in [9.17, 15) is 4.79 Å². The number of nitrogens with one attached hydrogen (secondary N) is 1. The smallest absolute Gasteiger partial charge is 0.224 e. The Labute approximate surface area is 155 Å². The first-order valence-electron chi connectivity index (χ1n) is 8.69. The zero-order valence-electron chi connectivity index (χ0n) is 15.9. The molecule has 0 unspecified atom stereocenters. The number of methoxy groups -OCH3 is 3. The van der Waals surface area contributed by atoms with Crippen molar-refractivity contribution in [3.8, 4) is 17.2 Å². The second kappa shape index (κ2) is 9.70. The number of benzene rings is 2. The van der Waals surface area contributed by atoms with Crippen LogP contribution in [0.4, 0.5) is 0 Å². The monoisotopic (exact) mass is 357 g/mol. The first-order chi connectivity index (χ1) is 12.6. The maximum atomic E-state index is 12.2. The van der Waals surface area contributed by atoms with Gasteiger partial charge in [0.25, 0.3) is 0 Å². The van der Waals surface area contributed by atoms with Crippen molar-refractivity contribution in [2.75, 3.05) is 21.3 Å². The van der Waals surface area contributed by atoms with Crippen molar-refractivity contribution in [3.63, 3.8) is 0 Å². The van der Waals surface area contributed by atoms with Gasteiger partial charge in [-0.1, -0.05) is 30.3 Å². The zero-order chi connectivity index (χ0) is 18.9. The molecule has 5 nitrogen and oxygen atoms in total. The van der Waals surface area contributed by atoms with Crippen LogP contribution in [0.1, 0.15) is 24.5 Å². The van der Waals surface area contributed by atoms with Crippen molar-refractivity contribution in [2.45, 2.75) is 32.2 Å². The lowest BCUT2D eigenvalue weighted by Gasteiger charge is -2.17. The predicted molar refractivity (Wildman–Crippen MR) is 102 cm³/mol. The molecule has 0 aliphatic rings. The molecule has 0 saturated carbocycles. The SMILES string of the molecule is COc1cc(OC)c(OC)cc1CC[C@@H](C)NC(=O)Cc1ccccc1. The molecular weight excluding hydrogens is 330 g/mol. The van der Waals surface area contributed by atoms with Gasteiger partial charge < -0.3 is 19.5 Å². The summed E-state index contributed by atoms with van der Waals surface area (Å²) < 4.78 is 16.1. The molecule has 2 rings (SSSR count). The zero-order valence-corrected chi connectivity index (χ0v) is 15.9. The second-order valence-corrected chi connectivity index (χ2v) is 6.19. The van der Waals surface area contributed by atoms with Gasteiger partial charge in [0.1, 0.15) is 5.75 Å². The van der Waals surface area contributed by atoms with Gasteiger partial charge in [0.15, 0.2) is 11.5 Å². The average molecular weight is 357 g/mol. The standard InChI is InChI=1S/C21H27NO4/c1-15(22-21(23)12-16-8-6-5-7-9-16)10-11-17-13-19(25-3)20(26-4)14-18(17)24-2/h5-9,13-15H,10-12H2,1-4H3,(H,22,23)/t15-/m1/s1. The lowest BCUT2D eigenvalue weighted by molar-refractivity contribution is -0.121. The summed E-state index contributed by atoms with van der Waals surface area (Å²) in [5.41, 5.74) is 2.04. The summed E-state index contributed by atoms with van der Waals surface area (Å²) in [6.07, 6.45) is 1.95. The molecule has 2 aromatic carbocycles. The van der Waals surface area contributed by atoms with Crippen LogP contribution in [0.2, 0.25) is 0 Å². The van der Waals surface area contributed by atoms with Crippen LogP contribution in [0.3, 0.4) is 0 Å². The summed E-state index contributed by atoms with van der Waals surface area (Å²) >= 11 is 0. The molecule has 0 heterocycles. The molecule has 2 aromatic rings. The minimum atomic E-state index is 0.0305. The van der Waals surface area contributed by atoms with Gasteiger partial charge in [0, 0.05) is 12.1 Å². The Bertz CT molecular complexity index is 715. The van der Waals surface area contributed by atoms with Crippen LogP contribution >= 0.6 is 0 Å². The molecule has 26 heavy (non-hydrogen) atoms. The Hall–Kier alpha value is -2.69. The van der Waals surface area contributed by atoms with Crippen molar-refractivity contribution in [3.05, 3.63) is 53.6 Å². The largest absolute Gasteiger partial charge is 0.496 e. The molecule has 5 heteroatoms. The van der Waals surface area contributed by atoms with Crippen LogP contribution in [0.25, 0.3) is 0 Å². The van der Waals surface area contributed by atoms with Gasteiger partial charge in [-0.15, -0.1) is 0 Å². The highest BCUT2D eigenvalue weighted by Crippen LogP contribution is 2.35. The van der Waals surface area contributed by atoms with Crippen LogP contribution in [0, 0.1) is 0 Å². The Kier molecular flexibility index (Phi) is 7.33. The molecule has 0 aromatic heterocycles. The number of carbonyl (C=O) groups is 1. The number of hydrogen-bond donors (Lipinski definition) is 1. The number of carbonyl (C=O) groups excluding carboxylic acids is 1. The molecule has 0 saturated heterocycles. The van der Waals surface area contributed by atoms with Crippen molar-refractivity contribution in [2.24, 2.45) is 0 Å². The number of hydrogen-bond acceptors (Lipinski definition) is 4. The van der Waals surface area contributed by atoms with Crippen LogP contribution < -0.4 is 19.5 Å². The quantitative estimate of drug-likeness (QED) is 0.747. The van der Waals surface area contributed by atoms with Crippen LogP contribution in [-0.4, -0.2) is 33.3 Å². The fourth-order valence-electron chi connectivity index (χ4n) is 2.84. The van der Waals surface area contributed by atoms with Gasteiger partial charge in [0.05, 0.1) is 27.8 Å². The Morgan fingerprint density at radius 2 is 1.58 bits per heavy atom. The molecule has 0 aliphatic heterocycles. The summed E-state index contributed by atoms with van der Waals surface area (Å²) in [6.45, 7) is 2.01. The molecule has 0 aliphatic carbocycles. The maximum Gasteiger partial charge on any atom is 0.224 e. The highest BCUT2D eigenvalue weighted by molar-refractivity contribution is 5.78. The molecule has 0 fully saturated rings. The highest BCUT2D eigenvalue weighted by Gasteiger charge is 2.14. The molecule has 1 N–H and O–H groups in total. The first kappa shape index (κ1) is 19.6. The molecule has 1 amide bonds. The van der Waals surface area contributed by atoms with Crippen molar-refractivity contribution >= 4 is 5.91 Å². The minimum absolute atomic E-state index is 0.0305. The van der Waals surface area contributed by atoms with E-state index in [1.54, 1.807) is 21.3 Å². The summed E-state index contributed by atoms with van der Waals surface area (Å²) in [5, 5.41) is 3.05. The molecule has 1 atom stereocenters. The molecule has 0 spiro atoms. The van der Waals surface area contributed by atoms with Crippen LogP contribution in [0.15, 0.2) is 42.5 Å². The topological polar surface area (TPSA) is 56.8 Å². The van der Waals surface area contributed by atoms with E-state index in [1.807, 2.05) is 49.4 Å². The van der Waals surface area contributed by atoms with Gasteiger partial charge in [0.2, 0.25) is 5.91 Å². The Morgan fingerprint density at radius 1 is 0.962 bits per heavy atom. The Morgan fingerprint density at radius 3 is 2.19 bits per heavy atom. The summed E-state index contributed by atoms with van der Waals surface area (Å²) in [6, 6.07) is 13.6. The van der Waals surface area contributed by atoms with Crippen molar-refractivity contribution in [1.82, 2.24) is 5.32 Å². The fraction of sp³-hybridized carbons (Fsp3) is 0.381. The van der Waals surface area contributed by atoms with Crippen molar-refractivity contribution in [1.29, 1.82) is 0 Å². The van der Waals surface area contributed by atoms with E-state index in [0.717, 1.165) is 29.7 Å². The number of ether oxygens (including phenoxy) is 3. The van der Waals surface area contributed by atoms with E-state index >= 15 is 0 Å². The lowest BCUT2D eigenvalue weighted by Crippen LogP contribution is -2.34. The summed E-state index contributed by atoms with van der Waals surface area (Å²) in [7, 11) is 4.84. The van der Waals surface area contributed by atoms with Gasteiger partial charge in [-0.3, -0.25) is 4.79 Å². The van der Waals surface area contributed by atoms with E-state index in [4.69, 9.17) is 14.2 Å². The molecule has 140 valence electrons. The highest BCUT2D eigenvalue weighted by atomic mass is 16.5. The van der Waals surface area contributed by atoms with Crippen LogP contribution in [0.5, 0.6) is 17.2 Å². The normalized spacial score (nSPS) is 11.5.